The topological polar surface area (TPSA) is 84.7 Å². The number of likely N-dealkylation sites (N-methyl/N-ethyl adjacent to an activating group) is 1. The normalized spacial score (nSPS) is 11.6. The van der Waals surface area contributed by atoms with Crippen LogP contribution in [-0.2, 0) is 9.59 Å². The Morgan fingerprint density at radius 1 is 1.43 bits per heavy atom. The van der Waals surface area contributed by atoms with Crippen molar-refractivity contribution in [2.24, 2.45) is 0 Å². The number of nitrogens with one attached hydrogen (secondary N) is 1. The number of ether oxygens (including phenoxy) is 1. The number of nitrogens with two attached hydrogens (primary N) is 1. The number of carbonyl (C=O) groups is 2. The van der Waals surface area contributed by atoms with E-state index in [0.717, 1.165) is 0 Å². The maximum atomic E-state index is 11.8. The smallest absolute Gasteiger partial charge is 0.244 e. The van der Waals surface area contributed by atoms with E-state index in [1.54, 1.807) is 43.1 Å². The number of carbonyl (C=O) groups excluding carboxylic acids is 2. The minimum Gasteiger partial charge on any atom is -0.493 e. The Kier molecular flexibility index (Phi) is 6.52. The van der Waals surface area contributed by atoms with Crippen LogP contribution < -0.4 is 15.8 Å². The summed E-state index contributed by atoms with van der Waals surface area (Å²) in [5.74, 6) is 0.296. The number of hydrogen-bond acceptors (Lipinski definition) is 4. The molecule has 0 aromatic heterocycles. The Balaban J connectivity index is 2.32. The van der Waals surface area contributed by atoms with Crippen LogP contribution in [-0.4, -0.2) is 43.0 Å². The van der Waals surface area contributed by atoms with E-state index in [0.29, 0.717) is 18.0 Å². The lowest BCUT2D eigenvalue weighted by Crippen LogP contribution is -2.45. The first-order chi connectivity index (χ1) is 9.93. The maximum absolute atomic E-state index is 11.8. The predicted octanol–water partition coefficient (Wildman–Crippen LogP) is 1.02. The fourth-order valence-electron chi connectivity index (χ4n) is 1.73. The SMILES string of the molecule is CCN(C)C(=O)C(C)NC(=O)CCOc1cccc(N)c1. The largest absolute Gasteiger partial charge is 0.493 e. The van der Waals surface area contributed by atoms with Crippen molar-refractivity contribution in [3.8, 4) is 5.75 Å². The Bertz CT molecular complexity index is 491. The molecule has 2 amide bonds. The molecule has 0 saturated heterocycles. The second-order valence-electron chi connectivity index (χ2n) is 4.81. The highest BCUT2D eigenvalue weighted by molar-refractivity contribution is 5.87. The van der Waals surface area contributed by atoms with E-state index in [1.165, 1.54) is 0 Å². The van der Waals surface area contributed by atoms with E-state index in [4.69, 9.17) is 10.5 Å². The minimum absolute atomic E-state index is 0.109. The molecule has 1 aromatic carbocycles. The molecule has 6 heteroatoms. The summed E-state index contributed by atoms with van der Waals surface area (Å²) in [6.45, 7) is 4.40. The zero-order chi connectivity index (χ0) is 15.8. The van der Waals surface area contributed by atoms with Gasteiger partial charge in [-0.1, -0.05) is 6.07 Å². The van der Waals surface area contributed by atoms with Crippen LogP contribution >= 0.6 is 0 Å². The molecule has 0 saturated carbocycles. The van der Waals surface area contributed by atoms with Crippen molar-refractivity contribution in [2.75, 3.05) is 25.9 Å². The molecule has 0 aliphatic rings. The van der Waals surface area contributed by atoms with Crippen molar-refractivity contribution >= 4 is 17.5 Å². The van der Waals surface area contributed by atoms with Crippen LogP contribution in [0.1, 0.15) is 20.3 Å². The lowest BCUT2D eigenvalue weighted by Gasteiger charge is -2.20. The molecule has 1 unspecified atom stereocenters. The number of rotatable bonds is 7. The number of anilines is 1. The molecule has 1 atom stereocenters. The van der Waals surface area contributed by atoms with E-state index in [2.05, 4.69) is 5.32 Å². The third-order valence-corrected chi connectivity index (χ3v) is 3.05. The first-order valence-corrected chi connectivity index (χ1v) is 6.96. The molecule has 6 nitrogen and oxygen atoms in total. The highest BCUT2D eigenvalue weighted by Crippen LogP contribution is 2.14. The number of nitrogens with zero attached hydrogens (tertiary/aromatic N) is 1. The average molecular weight is 293 g/mol. The standard InChI is InChI=1S/C15H23N3O3/c1-4-18(3)15(20)11(2)17-14(19)8-9-21-13-7-5-6-12(16)10-13/h5-7,10-11H,4,8-9,16H2,1-3H3,(H,17,19). The summed E-state index contributed by atoms with van der Waals surface area (Å²) in [7, 11) is 1.70. The second kappa shape index (κ2) is 8.14. The molecular formula is C15H23N3O3. The minimum atomic E-state index is -0.533. The van der Waals surface area contributed by atoms with Gasteiger partial charge in [-0.05, 0) is 26.0 Å². The fourth-order valence-corrected chi connectivity index (χ4v) is 1.73. The molecular weight excluding hydrogens is 270 g/mol. The first kappa shape index (κ1) is 16.8. The van der Waals surface area contributed by atoms with Crippen molar-refractivity contribution in [2.45, 2.75) is 26.3 Å². The van der Waals surface area contributed by atoms with E-state index in [-0.39, 0.29) is 24.8 Å². The number of hydrogen-bond donors (Lipinski definition) is 2. The first-order valence-electron chi connectivity index (χ1n) is 6.96. The lowest BCUT2D eigenvalue weighted by molar-refractivity contribution is -0.134. The van der Waals surface area contributed by atoms with Gasteiger partial charge in [-0.3, -0.25) is 9.59 Å². The quantitative estimate of drug-likeness (QED) is 0.735. The molecule has 0 bridgehead atoms. The Morgan fingerprint density at radius 3 is 2.76 bits per heavy atom. The average Bonchev–Trinajstić information content (AvgIpc) is 2.45. The molecule has 1 rings (SSSR count). The predicted molar refractivity (Wildman–Crippen MR) is 81.9 cm³/mol. The van der Waals surface area contributed by atoms with E-state index in [1.807, 2.05) is 6.92 Å². The van der Waals surface area contributed by atoms with Gasteiger partial charge in [-0.2, -0.15) is 0 Å². The summed E-state index contributed by atoms with van der Waals surface area (Å²) in [5.41, 5.74) is 6.24. The van der Waals surface area contributed by atoms with Gasteiger partial charge in [0.05, 0.1) is 13.0 Å². The van der Waals surface area contributed by atoms with Gasteiger partial charge in [0.1, 0.15) is 11.8 Å². The maximum Gasteiger partial charge on any atom is 0.244 e. The van der Waals surface area contributed by atoms with Crippen LogP contribution in [0.15, 0.2) is 24.3 Å². The van der Waals surface area contributed by atoms with Gasteiger partial charge < -0.3 is 20.7 Å². The molecule has 3 N–H and O–H groups in total. The number of amides is 2. The van der Waals surface area contributed by atoms with Gasteiger partial charge in [-0.25, -0.2) is 0 Å². The summed E-state index contributed by atoms with van der Waals surface area (Å²) < 4.78 is 5.43. The van der Waals surface area contributed by atoms with Gasteiger partial charge >= 0.3 is 0 Å². The zero-order valence-electron chi connectivity index (χ0n) is 12.8. The lowest BCUT2D eigenvalue weighted by atomic mass is 10.2. The highest BCUT2D eigenvalue weighted by atomic mass is 16.5. The number of nitrogen functional groups attached to an aromatic ring is 1. The molecule has 0 radical (unpaired) electrons. The van der Waals surface area contributed by atoms with Crippen molar-refractivity contribution < 1.29 is 14.3 Å². The Morgan fingerprint density at radius 2 is 2.14 bits per heavy atom. The highest BCUT2D eigenvalue weighted by Gasteiger charge is 2.18. The van der Waals surface area contributed by atoms with E-state index in [9.17, 15) is 9.59 Å². The van der Waals surface area contributed by atoms with Gasteiger partial charge in [0.15, 0.2) is 0 Å². The van der Waals surface area contributed by atoms with Crippen LogP contribution in [0, 0.1) is 0 Å². The number of benzene rings is 1. The summed E-state index contributed by atoms with van der Waals surface area (Å²) in [4.78, 5) is 25.1. The molecule has 0 heterocycles. The molecule has 0 spiro atoms. The van der Waals surface area contributed by atoms with Crippen molar-refractivity contribution in [1.29, 1.82) is 0 Å². The molecule has 116 valence electrons. The molecule has 0 aliphatic carbocycles. The summed E-state index contributed by atoms with van der Waals surface area (Å²) >= 11 is 0. The summed E-state index contributed by atoms with van der Waals surface area (Å²) in [6.07, 6.45) is 0.183. The van der Waals surface area contributed by atoms with Gasteiger partial charge in [0.2, 0.25) is 11.8 Å². The Labute approximate surface area is 125 Å². The van der Waals surface area contributed by atoms with Crippen LogP contribution in [0.25, 0.3) is 0 Å². The van der Waals surface area contributed by atoms with Crippen molar-refractivity contribution in [1.82, 2.24) is 10.2 Å². The summed E-state index contributed by atoms with van der Waals surface area (Å²) in [5, 5.41) is 2.66. The third-order valence-electron chi connectivity index (χ3n) is 3.05. The monoisotopic (exact) mass is 293 g/mol. The molecule has 21 heavy (non-hydrogen) atoms. The third kappa shape index (κ3) is 5.72. The second-order valence-corrected chi connectivity index (χ2v) is 4.81. The van der Waals surface area contributed by atoms with Crippen LogP contribution in [0.2, 0.25) is 0 Å². The van der Waals surface area contributed by atoms with E-state index < -0.39 is 6.04 Å². The van der Waals surface area contributed by atoms with Crippen LogP contribution in [0.5, 0.6) is 5.75 Å². The molecule has 0 fully saturated rings. The van der Waals surface area contributed by atoms with Crippen LogP contribution in [0.4, 0.5) is 5.69 Å². The van der Waals surface area contributed by atoms with Crippen molar-refractivity contribution in [3.63, 3.8) is 0 Å². The Hall–Kier alpha value is -2.24. The summed E-state index contributed by atoms with van der Waals surface area (Å²) in [6, 6.07) is 6.48. The van der Waals surface area contributed by atoms with Gasteiger partial charge in [-0.15, -0.1) is 0 Å². The molecule has 1 aromatic rings. The van der Waals surface area contributed by atoms with E-state index >= 15 is 0 Å². The van der Waals surface area contributed by atoms with Gasteiger partial charge in [0, 0.05) is 25.3 Å². The van der Waals surface area contributed by atoms with Gasteiger partial charge in [0.25, 0.3) is 0 Å². The van der Waals surface area contributed by atoms with Crippen LogP contribution in [0.3, 0.4) is 0 Å². The zero-order valence-corrected chi connectivity index (χ0v) is 12.8. The van der Waals surface area contributed by atoms with Crippen molar-refractivity contribution in [3.05, 3.63) is 24.3 Å². The molecule has 0 aliphatic heterocycles. The fraction of sp³-hybridized carbons (Fsp3) is 0.467.